The zero-order valence-corrected chi connectivity index (χ0v) is 33.8. The van der Waals surface area contributed by atoms with Crippen LogP contribution in [-0.4, -0.2) is 45.4 Å². The molecule has 0 aliphatic heterocycles. The fourth-order valence-corrected chi connectivity index (χ4v) is 7.88. The number of hydrogen-bond acceptors (Lipinski definition) is 8. The molecule has 0 atom stereocenters. The maximum atomic E-state index is 14.4. The van der Waals surface area contributed by atoms with Crippen molar-refractivity contribution in [3.63, 3.8) is 0 Å². The monoisotopic (exact) mass is 804 g/mol. The van der Waals surface area contributed by atoms with Gasteiger partial charge in [0.15, 0.2) is 0 Å². The summed E-state index contributed by atoms with van der Waals surface area (Å²) in [4.78, 5) is 50.4. The molecule has 0 spiro atoms. The molecule has 0 aliphatic rings. The first kappa shape index (κ1) is 42.5. The van der Waals surface area contributed by atoms with Crippen LogP contribution in [0.4, 0.5) is 11.4 Å². The van der Waals surface area contributed by atoms with Crippen molar-refractivity contribution >= 4 is 68.2 Å². The van der Waals surface area contributed by atoms with Crippen LogP contribution in [0, 0.1) is 27.7 Å². The molecule has 4 rings (SSSR count). The largest absolute Gasteiger partial charge is 0.462 e. The molecule has 0 radical (unpaired) electrons. The van der Waals surface area contributed by atoms with Crippen LogP contribution in [-0.2, 0) is 41.7 Å². The lowest BCUT2D eigenvalue weighted by Crippen LogP contribution is -2.19. The molecule has 10 nitrogen and oxygen atoms in total. The summed E-state index contributed by atoms with van der Waals surface area (Å²) in [6.45, 7) is 17.6. The summed E-state index contributed by atoms with van der Waals surface area (Å²) in [5, 5.41) is 5.32. The molecule has 0 bridgehead atoms. The number of nitrogens with one attached hydrogen (secondary N) is 2. The van der Waals surface area contributed by atoms with E-state index in [4.69, 9.17) is 32.7 Å². The van der Waals surface area contributed by atoms with E-state index in [1.54, 1.807) is 39.8 Å². The van der Waals surface area contributed by atoms with E-state index in [9.17, 15) is 27.6 Å². The van der Waals surface area contributed by atoms with Crippen molar-refractivity contribution in [2.45, 2.75) is 64.2 Å². The minimum atomic E-state index is -4.49. The number of benzene rings is 4. The second-order valence-corrected chi connectivity index (χ2v) is 15.9. The van der Waals surface area contributed by atoms with Gasteiger partial charge in [0.1, 0.15) is 0 Å². The summed E-state index contributed by atoms with van der Waals surface area (Å²) in [7, 11) is -4.49. The van der Waals surface area contributed by atoms with Crippen LogP contribution in [0.15, 0.2) is 94.8 Å². The van der Waals surface area contributed by atoms with Gasteiger partial charge in [0, 0.05) is 35.1 Å². The van der Waals surface area contributed by atoms with Crippen LogP contribution in [0.2, 0.25) is 10.0 Å². The van der Waals surface area contributed by atoms with Gasteiger partial charge < -0.3 is 20.1 Å². The van der Waals surface area contributed by atoms with Crippen molar-refractivity contribution in [3.05, 3.63) is 140 Å². The summed E-state index contributed by atoms with van der Waals surface area (Å²) >= 11 is 13.1. The van der Waals surface area contributed by atoms with Crippen LogP contribution < -0.4 is 10.6 Å². The number of anilines is 2. The van der Waals surface area contributed by atoms with Gasteiger partial charge in [-0.2, -0.15) is 0 Å². The molecule has 0 saturated carbocycles. The average Bonchev–Trinajstić information content (AvgIpc) is 3.11. The van der Waals surface area contributed by atoms with Gasteiger partial charge in [-0.25, -0.2) is 18.0 Å². The molecule has 0 heterocycles. The zero-order valence-electron chi connectivity index (χ0n) is 31.4. The van der Waals surface area contributed by atoms with E-state index in [-0.39, 0.29) is 55.6 Å². The molecule has 0 saturated heterocycles. The lowest BCUT2D eigenvalue weighted by atomic mass is 9.97. The minimum Gasteiger partial charge on any atom is -0.462 e. The summed E-state index contributed by atoms with van der Waals surface area (Å²) in [6.07, 6.45) is 0.830. The maximum Gasteiger partial charge on any atom is 0.333 e. The van der Waals surface area contributed by atoms with Gasteiger partial charge in [-0.3, -0.25) is 9.59 Å². The van der Waals surface area contributed by atoms with Crippen LogP contribution >= 0.6 is 23.2 Å². The highest BCUT2D eigenvalue weighted by Gasteiger charge is 2.29. The topological polar surface area (TPSA) is 145 Å². The molecule has 2 N–H and O–H groups in total. The van der Waals surface area contributed by atoms with Crippen molar-refractivity contribution in [2.24, 2.45) is 0 Å². The second kappa shape index (κ2) is 17.9. The molecule has 0 fully saturated rings. The molecule has 0 aromatic heterocycles. The molecule has 0 aliphatic carbocycles. The quantitative estimate of drug-likeness (QED) is 0.0950. The SMILES string of the molecule is C=C(C)C(=O)OCCc1cc(C)c(C(=O)Nc2c(Cl)cccc2S(=O)(=O)c2cccc(Cl)c2NC(=O)c2cc(C)c(CCOC(=O)C(=C)C)cc2C)cc1C. The Hall–Kier alpha value is -5.23. The van der Waals surface area contributed by atoms with E-state index < -0.39 is 33.6 Å². The lowest BCUT2D eigenvalue weighted by molar-refractivity contribution is -0.139. The van der Waals surface area contributed by atoms with Crippen molar-refractivity contribution in [1.82, 2.24) is 0 Å². The third-order valence-corrected chi connectivity index (χ3v) is 11.2. The normalized spacial score (nSPS) is 11.1. The van der Waals surface area contributed by atoms with Gasteiger partial charge in [0.25, 0.3) is 11.8 Å². The third-order valence-electron chi connectivity index (χ3n) is 8.77. The number of rotatable bonds is 14. The Labute approximate surface area is 331 Å². The molecule has 288 valence electrons. The van der Waals surface area contributed by atoms with Crippen molar-refractivity contribution < 1.29 is 37.1 Å². The van der Waals surface area contributed by atoms with E-state index in [0.29, 0.717) is 35.1 Å². The summed E-state index contributed by atoms with van der Waals surface area (Å²) in [6, 6.07) is 15.3. The molecule has 4 aromatic rings. The number of carbonyl (C=O) groups is 4. The number of para-hydroxylation sites is 2. The first-order chi connectivity index (χ1) is 25.8. The molecule has 55 heavy (non-hydrogen) atoms. The Kier molecular flexibility index (Phi) is 13.9. The van der Waals surface area contributed by atoms with Crippen molar-refractivity contribution in [3.8, 4) is 0 Å². The molecule has 0 unspecified atom stereocenters. The summed E-state index contributed by atoms with van der Waals surface area (Å²) in [5.74, 6) is -2.19. The molecule has 4 aromatic carbocycles. The van der Waals surface area contributed by atoms with Gasteiger partial charge in [-0.05, 0) is 111 Å². The minimum absolute atomic E-state index is 0.0343. The maximum absolute atomic E-state index is 14.4. The second-order valence-electron chi connectivity index (χ2n) is 13.2. The standard InChI is InChI=1S/C42H42Cl2N2O8S/c1-23(2)41(49)53-17-15-29-19-27(7)31(21-25(29)5)39(47)45-37-33(43)11-9-13-35(37)55(51,52)36-14-10-12-34(44)38(36)46-40(48)32-22-26(6)30(20-28(32)8)16-18-54-42(50)24(3)4/h9-14,19-22H,1,3,15-18H2,2,4-8H3,(H,45,47)(H,46,48). The van der Waals surface area contributed by atoms with E-state index in [0.717, 1.165) is 22.3 Å². The Bertz CT molecular complexity index is 2190. The summed E-state index contributed by atoms with van der Waals surface area (Å²) in [5.41, 5.74) is 5.29. The van der Waals surface area contributed by atoms with E-state index in [2.05, 4.69) is 23.8 Å². The van der Waals surface area contributed by atoms with Gasteiger partial charge in [-0.1, -0.05) is 60.6 Å². The fraction of sp³-hybridized carbons (Fsp3) is 0.238. The van der Waals surface area contributed by atoms with Gasteiger partial charge in [0.2, 0.25) is 9.84 Å². The van der Waals surface area contributed by atoms with E-state index >= 15 is 0 Å². The number of carbonyl (C=O) groups excluding carboxylic acids is 4. The van der Waals surface area contributed by atoms with Crippen molar-refractivity contribution in [2.75, 3.05) is 23.8 Å². The fourth-order valence-electron chi connectivity index (χ4n) is 5.71. The number of hydrogen-bond donors (Lipinski definition) is 2. The number of sulfone groups is 1. The Morgan fingerprint density at radius 1 is 0.618 bits per heavy atom. The van der Waals surface area contributed by atoms with E-state index in [1.807, 2.05) is 26.0 Å². The molecular formula is C42H42Cl2N2O8S. The predicted octanol–water partition coefficient (Wildman–Crippen LogP) is 8.89. The number of ether oxygens (including phenoxy) is 2. The van der Waals surface area contributed by atoms with Gasteiger partial charge in [-0.15, -0.1) is 0 Å². The Morgan fingerprint density at radius 3 is 1.33 bits per heavy atom. The number of esters is 2. The molecular weight excluding hydrogens is 763 g/mol. The van der Waals surface area contributed by atoms with Gasteiger partial charge >= 0.3 is 11.9 Å². The van der Waals surface area contributed by atoms with Gasteiger partial charge in [0.05, 0.1) is 44.4 Å². The smallest absolute Gasteiger partial charge is 0.333 e. The highest BCUT2D eigenvalue weighted by Crippen LogP contribution is 2.39. The Morgan fingerprint density at radius 2 is 0.982 bits per heavy atom. The van der Waals surface area contributed by atoms with Crippen LogP contribution in [0.1, 0.15) is 67.9 Å². The molecule has 2 amide bonds. The first-order valence-corrected chi connectivity index (χ1v) is 19.4. The van der Waals surface area contributed by atoms with Crippen LogP contribution in [0.3, 0.4) is 0 Å². The lowest BCUT2D eigenvalue weighted by Gasteiger charge is -2.18. The third kappa shape index (κ3) is 10.1. The van der Waals surface area contributed by atoms with Crippen molar-refractivity contribution in [1.29, 1.82) is 0 Å². The van der Waals surface area contributed by atoms with Crippen LogP contribution in [0.25, 0.3) is 0 Å². The number of halogens is 2. The highest BCUT2D eigenvalue weighted by molar-refractivity contribution is 7.91. The van der Waals surface area contributed by atoms with E-state index in [1.165, 1.54) is 36.4 Å². The Balaban J connectivity index is 1.62. The number of amides is 2. The molecule has 13 heteroatoms. The summed E-state index contributed by atoms with van der Waals surface area (Å²) < 4.78 is 39.3. The predicted molar refractivity (Wildman–Crippen MR) is 215 cm³/mol. The highest BCUT2D eigenvalue weighted by atomic mass is 35.5. The first-order valence-electron chi connectivity index (χ1n) is 17.1. The van der Waals surface area contributed by atoms with Crippen LogP contribution in [0.5, 0.6) is 0 Å². The average molecular weight is 806 g/mol. The number of aryl methyl sites for hydroxylation is 4. The zero-order chi connectivity index (χ0) is 40.8.